The van der Waals surface area contributed by atoms with Crippen molar-refractivity contribution < 1.29 is 9.53 Å². The Labute approximate surface area is 104 Å². The predicted molar refractivity (Wildman–Crippen MR) is 69.0 cm³/mol. The number of carbonyl (C=O) groups excluding carboxylic acids is 1. The molecule has 0 saturated carbocycles. The van der Waals surface area contributed by atoms with Crippen molar-refractivity contribution in [2.75, 3.05) is 19.7 Å². The summed E-state index contributed by atoms with van der Waals surface area (Å²) in [6, 6.07) is 0.273. The van der Waals surface area contributed by atoms with E-state index in [1.165, 1.54) is 0 Å². The molecule has 1 atom stereocenters. The Hall–Kier alpha value is -0.610. The number of ether oxygens (including phenoxy) is 1. The molecular formula is C13H26N2O2. The third kappa shape index (κ3) is 4.28. The Balaban J connectivity index is 2.41. The fourth-order valence-electron chi connectivity index (χ4n) is 2.41. The normalized spacial score (nSPS) is 23.4. The lowest BCUT2D eigenvalue weighted by atomic mass is 9.86. The second kappa shape index (κ2) is 6.97. The van der Waals surface area contributed by atoms with Gasteiger partial charge in [0.2, 0.25) is 5.91 Å². The molecule has 1 amide bonds. The van der Waals surface area contributed by atoms with Crippen LogP contribution < -0.4 is 10.6 Å². The van der Waals surface area contributed by atoms with Gasteiger partial charge in [-0.05, 0) is 32.2 Å². The average Bonchev–Trinajstić information content (AvgIpc) is 2.36. The van der Waals surface area contributed by atoms with Crippen LogP contribution in [0.3, 0.4) is 0 Å². The third-order valence-electron chi connectivity index (χ3n) is 3.68. The van der Waals surface area contributed by atoms with Crippen molar-refractivity contribution in [2.45, 2.75) is 58.1 Å². The molecule has 0 aromatic carbocycles. The highest BCUT2D eigenvalue weighted by Crippen LogP contribution is 2.31. The number of likely N-dealkylation sites (N-methyl/N-ethyl adjacent to an activating group) is 1. The summed E-state index contributed by atoms with van der Waals surface area (Å²) < 4.78 is 5.89. The Bertz CT molecular complexity index is 240. The molecule has 4 nitrogen and oxygen atoms in total. The van der Waals surface area contributed by atoms with Gasteiger partial charge in [0.1, 0.15) is 0 Å². The van der Waals surface area contributed by atoms with Gasteiger partial charge in [-0.15, -0.1) is 0 Å². The highest BCUT2D eigenvalue weighted by Gasteiger charge is 2.34. The van der Waals surface area contributed by atoms with E-state index >= 15 is 0 Å². The highest BCUT2D eigenvalue weighted by molar-refractivity contribution is 5.78. The minimum absolute atomic E-state index is 0.0195. The van der Waals surface area contributed by atoms with Gasteiger partial charge in [0, 0.05) is 12.6 Å². The molecule has 1 heterocycles. The topological polar surface area (TPSA) is 50.4 Å². The van der Waals surface area contributed by atoms with Crippen molar-refractivity contribution in [3.05, 3.63) is 0 Å². The first-order valence-corrected chi connectivity index (χ1v) is 6.79. The van der Waals surface area contributed by atoms with Crippen LogP contribution in [0.5, 0.6) is 0 Å². The largest absolute Gasteiger partial charge is 0.375 e. The molecule has 2 N–H and O–H groups in total. The van der Waals surface area contributed by atoms with Crippen LogP contribution in [0.15, 0.2) is 0 Å². The highest BCUT2D eigenvalue weighted by atomic mass is 16.5. The lowest BCUT2D eigenvalue weighted by Crippen LogP contribution is -2.49. The fourth-order valence-corrected chi connectivity index (χ4v) is 2.41. The van der Waals surface area contributed by atoms with Crippen LogP contribution in [0, 0.1) is 0 Å². The van der Waals surface area contributed by atoms with Gasteiger partial charge in [0.25, 0.3) is 0 Å². The molecule has 1 saturated heterocycles. The van der Waals surface area contributed by atoms with Crippen molar-refractivity contribution in [1.29, 1.82) is 0 Å². The predicted octanol–water partition coefficient (Wildman–Crippen LogP) is 1.45. The molecule has 100 valence electrons. The zero-order valence-electron chi connectivity index (χ0n) is 11.3. The number of rotatable bonds is 6. The second-order valence-corrected chi connectivity index (χ2v) is 4.78. The first-order valence-electron chi connectivity index (χ1n) is 6.79. The summed E-state index contributed by atoms with van der Waals surface area (Å²) in [5.74, 6) is 0.0971. The van der Waals surface area contributed by atoms with E-state index < -0.39 is 0 Å². The van der Waals surface area contributed by atoms with Crippen molar-refractivity contribution in [1.82, 2.24) is 10.6 Å². The molecule has 1 aliphatic heterocycles. The SMILES string of the molecule is CCNCC(=O)NC1CCOC(CC)(CC)C1. The molecule has 1 unspecified atom stereocenters. The van der Waals surface area contributed by atoms with Gasteiger partial charge >= 0.3 is 0 Å². The summed E-state index contributed by atoms with van der Waals surface area (Å²) >= 11 is 0. The maximum atomic E-state index is 11.6. The van der Waals surface area contributed by atoms with Crippen LogP contribution in [-0.4, -0.2) is 37.2 Å². The van der Waals surface area contributed by atoms with Gasteiger partial charge in [-0.3, -0.25) is 4.79 Å². The molecule has 1 aliphatic rings. The Morgan fingerprint density at radius 3 is 2.65 bits per heavy atom. The third-order valence-corrected chi connectivity index (χ3v) is 3.68. The zero-order chi connectivity index (χ0) is 12.7. The van der Waals surface area contributed by atoms with E-state index in [1.807, 2.05) is 6.92 Å². The van der Waals surface area contributed by atoms with Crippen molar-refractivity contribution in [3.8, 4) is 0 Å². The van der Waals surface area contributed by atoms with Gasteiger partial charge in [0.05, 0.1) is 12.1 Å². The van der Waals surface area contributed by atoms with E-state index in [1.54, 1.807) is 0 Å². The minimum atomic E-state index is -0.0195. The molecule has 0 bridgehead atoms. The summed E-state index contributed by atoms with van der Waals surface area (Å²) in [6.45, 7) is 8.32. The maximum absolute atomic E-state index is 11.6. The first-order chi connectivity index (χ1) is 8.15. The summed E-state index contributed by atoms with van der Waals surface area (Å²) in [6.07, 6.45) is 3.91. The smallest absolute Gasteiger partial charge is 0.234 e. The number of carbonyl (C=O) groups is 1. The van der Waals surface area contributed by atoms with Crippen LogP contribution in [0.4, 0.5) is 0 Å². The number of hydrogen-bond acceptors (Lipinski definition) is 3. The van der Waals surface area contributed by atoms with Crippen molar-refractivity contribution in [3.63, 3.8) is 0 Å². The van der Waals surface area contributed by atoms with Gasteiger partial charge in [0.15, 0.2) is 0 Å². The van der Waals surface area contributed by atoms with E-state index in [0.717, 1.165) is 38.8 Å². The van der Waals surface area contributed by atoms with Crippen LogP contribution in [0.1, 0.15) is 46.5 Å². The summed E-state index contributed by atoms with van der Waals surface area (Å²) in [5.41, 5.74) is -0.0195. The lowest BCUT2D eigenvalue weighted by Gasteiger charge is -2.40. The monoisotopic (exact) mass is 242 g/mol. The van der Waals surface area contributed by atoms with Gasteiger partial charge in [-0.1, -0.05) is 20.8 Å². The standard InChI is InChI=1S/C13H26N2O2/c1-4-13(5-2)9-11(7-8-17-13)15-12(16)10-14-6-3/h11,14H,4-10H2,1-3H3,(H,15,16). The van der Waals surface area contributed by atoms with Gasteiger partial charge < -0.3 is 15.4 Å². The van der Waals surface area contributed by atoms with Crippen LogP contribution in [-0.2, 0) is 9.53 Å². The Morgan fingerprint density at radius 1 is 1.35 bits per heavy atom. The molecule has 0 spiro atoms. The number of amides is 1. The minimum Gasteiger partial charge on any atom is -0.375 e. The lowest BCUT2D eigenvalue weighted by molar-refractivity contribution is -0.125. The number of nitrogens with one attached hydrogen (secondary N) is 2. The average molecular weight is 242 g/mol. The van der Waals surface area contributed by atoms with Gasteiger partial charge in [-0.2, -0.15) is 0 Å². The summed E-state index contributed by atoms with van der Waals surface area (Å²) in [7, 11) is 0. The van der Waals surface area contributed by atoms with Gasteiger partial charge in [-0.25, -0.2) is 0 Å². The van der Waals surface area contributed by atoms with E-state index in [4.69, 9.17) is 4.74 Å². The Kier molecular flexibility index (Phi) is 5.92. The summed E-state index contributed by atoms with van der Waals surface area (Å²) in [4.78, 5) is 11.6. The Morgan fingerprint density at radius 2 is 2.06 bits per heavy atom. The molecular weight excluding hydrogens is 216 g/mol. The van der Waals surface area contributed by atoms with Crippen LogP contribution in [0.25, 0.3) is 0 Å². The molecule has 0 radical (unpaired) electrons. The molecule has 0 aromatic heterocycles. The second-order valence-electron chi connectivity index (χ2n) is 4.78. The zero-order valence-corrected chi connectivity index (χ0v) is 11.3. The van der Waals surface area contributed by atoms with E-state index in [0.29, 0.717) is 6.54 Å². The van der Waals surface area contributed by atoms with Crippen molar-refractivity contribution >= 4 is 5.91 Å². The van der Waals surface area contributed by atoms with Crippen LogP contribution >= 0.6 is 0 Å². The first kappa shape index (κ1) is 14.5. The number of hydrogen-bond donors (Lipinski definition) is 2. The molecule has 1 fully saturated rings. The molecule has 1 rings (SSSR count). The van der Waals surface area contributed by atoms with E-state index in [-0.39, 0.29) is 17.6 Å². The van der Waals surface area contributed by atoms with Crippen molar-refractivity contribution in [2.24, 2.45) is 0 Å². The molecule has 0 aromatic rings. The molecule has 4 heteroatoms. The molecule has 0 aliphatic carbocycles. The van der Waals surface area contributed by atoms with Crippen LogP contribution in [0.2, 0.25) is 0 Å². The quantitative estimate of drug-likeness (QED) is 0.741. The van der Waals surface area contributed by atoms with E-state index in [9.17, 15) is 4.79 Å². The summed E-state index contributed by atoms with van der Waals surface area (Å²) in [5, 5.41) is 6.14. The fraction of sp³-hybridized carbons (Fsp3) is 0.923. The maximum Gasteiger partial charge on any atom is 0.234 e. The van der Waals surface area contributed by atoms with E-state index in [2.05, 4.69) is 24.5 Å². The molecule has 17 heavy (non-hydrogen) atoms.